The summed E-state index contributed by atoms with van der Waals surface area (Å²) in [5.41, 5.74) is 0. The van der Waals surface area contributed by atoms with Crippen molar-refractivity contribution in [1.82, 2.24) is 5.09 Å². The quantitative estimate of drug-likeness (QED) is 0.334. The van der Waals surface area contributed by atoms with E-state index in [0.29, 0.717) is 0 Å². The minimum Gasteiger partial charge on any atom is -0.292 e. The average molecular weight is 440 g/mol. The summed E-state index contributed by atoms with van der Waals surface area (Å²) in [6.45, 7) is -0.865. The van der Waals surface area contributed by atoms with Crippen LogP contribution >= 0.6 is 77.4 Å². The van der Waals surface area contributed by atoms with Crippen LogP contribution in [-0.2, 0) is 13.6 Å². The largest absolute Gasteiger partial charge is 0.406 e. The van der Waals surface area contributed by atoms with Gasteiger partial charge in [-0.2, -0.15) is 0 Å². The molecule has 0 bridgehead atoms. The predicted octanol–water partition coefficient (Wildman–Crippen LogP) is 5.57. The number of halogens is 6. The molecule has 1 aliphatic carbocycles. The molecule has 0 radical (unpaired) electrons. The number of allylic oxidation sites excluding steroid dienone is 1. The molecule has 124 valence electrons. The number of rotatable bonds is 6. The maximum Gasteiger partial charge on any atom is 0.406 e. The molecular formula is C10H14Cl6NO3P. The molecule has 0 aromatic heterocycles. The van der Waals surface area contributed by atoms with E-state index in [1.165, 1.54) is 0 Å². The van der Waals surface area contributed by atoms with Gasteiger partial charge in [0.25, 0.3) is 0 Å². The summed E-state index contributed by atoms with van der Waals surface area (Å²) in [6, 6.07) is -0.185. The Balaban J connectivity index is 2.69. The van der Waals surface area contributed by atoms with Crippen molar-refractivity contribution in [3.8, 4) is 0 Å². The first-order chi connectivity index (χ1) is 9.49. The lowest BCUT2D eigenvalue weighted by Gasteiger charge is -2.27. The van der Waals surface area contributed by atoms with Gasteiger partial charge in [0, 0.05) is 6.04 Å². The Kier molecular flexibility index (Phi) is 8.47. The molecule has 1 rings (SSSR count). The average Bonchev–Trinajstić information content (AvgIpc) is 2.34. The Bertz CT molecular complexity index is 387. The van der Waals surface area contributed by atoms with Gasteiger partial charge in [-0.25, -0.2) is 9.65 Å². The van der Waals surface area contributed by atoms with Crippen LogP contribution in [0.5, 0.6) is 0 Å². The minimum absolute atomic E-state index is 0.185. The summed E-state index contributed by atoms with van der Waals surface area (Å²) in [5.74, 6) is 0. The molecule has 1 atom stereocenters. The fourth-order valence-corrected chi connectivity index (χ4v) is 3.91. The number of hydrogen-bond acceptors (Lipinski definition) is 3. The van der Waals surface area contributed by atoms with Gasteiger partial charge in [0.15, 0.2) is 0 Å². The Labute approximate surface area is 153 Å². The van der Waals surface area contributed by atoms with Gasteiger partial charge in [0.05, 0.1) is 0 Å². The molecule has 0 heterocycles. The number of hydrogen-bond donors (Lipinski definition) is 1. The molecule has 1 N–H and O–H groups in total. The van der Waals surface area contributed by atoms with Crippen LogP contribution in [0.1, 0.15) is 19.3 Å². The van der Waals surface area contributed by atoms with Crippen LogP contribution in [0, 0.1) is 0 Å². The zero-order valence-corrected chi connectivity index (χ0v) is 16.1. The van der Waals surface area contributed by atoms with Crippen LogP contribution < -0.4 is 5.09 Å². The fraction of sp³-hybridized carbons (Fsp3) is 0.800. The predicted molar refractivity (Wildman–Crippen MR) is 90.0 cm³/mol. The molecular weight excluding hydrogens is 426 g/mol. The van der Waals surface area contributed by atoms with E-state index >= 15 is 0 Å². The first-order valence-corrected chi connectivity index (χ1v) is 9.77. The highest BCUT2D eigenvalue weighted by atomic mass is 35.6. The first kappa shape index (κ1) is 20.6. The van der Waals surface area contributed by atoms with E-state index in [2.05, 4.69) is 5.09 Å². The van der Waals surface area contributed by atoms with Crippen LogP contribution in [0.3, 0.4) is 0 Å². The molecule has 0 saturated heterocycles. The Morgan fingerprint density at radius 1 is 1.10 bits per heavy atom. The van der Waals surface area contributed by atoms with Crippen molar-refractivity contribution in [3.05, 3.63) is 12.2 Å². The smallest absolute Gasteiger partial charge is 0.292 e. The summed E-state index contributed by atoms with van der Waals surface area (Å²) in [4.78, 5) is 0. The molecule has 21 heavy (non-hydrogen) atoms. The third kappa shape index (κ3) is 10.1. The van der Waals surface area contributed by atoms with Crippen molar-refractivity contribution >= 4 is 77.4 Å². The number of nitrogens with one attached hydrogen (secondary N) is 1. The normalized spacial score (nSPS) is 20.8. The molecule has 11 heteroatoms. The molecule has 4 nitrogen and oxygen atoms in total. The summed E-state index contributed by atoms with van der Waals surface area (Å²) in [6.07, 6.45) is 6.52. The lowest BCUT2D eigenvalue weighted by molar-refractivity contribution is 0.198. The second kappa shape index (κ2) is 8.62. The van der Waals surface area contributed by atoms with Crippen molar-refractivity contribution in [3.63, 3.8) is 0 Å². The van der Waals surface area contributed by atoms with Crippen LogP contribution in [0.2, 0.25) is 0 Å². The molecule has 0 spiro atoms. The first-order valence-electron chi connectivity index (χ1n) is 5.96. The highest BCUT2D eigenvalue weighted by Gasteiger charge is 2.35. The molecule has 1 aliphatic rings. The molecule has 0 aliphatic heterocycles. The van der Waals surface area contributed by atoms with Crippen LogP contribution in [0.15, 0.2) is 12.2 Å². The zero-order valence-electron chi connectivity index (χ0n) is 10.7. The van der Waals surface area contributed by atoms with E-state index < -0.39 is 28.5 Å². The maximum atomic E-state index is 12.6. The molecule has 0 amide bonds. The maximum absolute atomic E-state index is 12.6. The van der Waals surface area contributed by atoms with Crippen LogP contribution in [0.25, 0.3) is 0 Å². The Morgan fingerprint density at radius 3 is 2.00 bits per heavy atom. The van der Waals surface area contributed by atoms with Gasteiger partial charge in [0.2, 0.25) is 7.59 Å². The Hall–Kier alpha value is 1.59. The molecule has 0 aromatic rings. The molecule has 0 unspecified atom stereocenters. The third-order valence-corrected chi connectivity index (χ3v) is 4.62. The highest BCUT2D eigenvalue weighted by molar-refractivity contribution is 7.51. The fourth-order valence-electron chi connectivity index (χ4n) is 1.55. The number of alkyl halides is 6. The standard InChI is InChI=1S/C10H14Cl6NO3P/c11-9(12,13)6-19-21(18,20-7-10(14,15)16)17-8-4-2-1-3-5-8/h2,4,8H,1,3,5-7H2,(H,17,18)/t8-/m1/s1. The highest BCUT2D eigenvalue weighted by Crippen LogP contribution is 2.48. The van der Waals surface area contributed by atoms with Crippen molar-refractivity contribution in [2.45, 2.75) is 32.9 Å². The molecule has 0 aromatic carbocycles. The van der Waals surface area contributed by atoms with Gasteiger partial charge < -0.3 is 0 Å². The van der Waals surface area contributed by atoms with E-state index in [0.717, 1.165) is 19.3 Å². The van der Waals surface area contributed by atoms with E-state index in [-0.39, 0.29) is 6.04 Å². The second-order valence-electron chi connectivity index (χ2n) is 4.37. The third-order valence-electron chi connectivity index (χ3n) is 2.37. The SMILES string of the molecule is O=P(N[C@@H]1C=CCCC1)(OCC(Cl)(Cl)Cl)OCC(Cl)(Cl)Cl. The summed E-state index contributed by atoms with van der Waals surface area (Å²) < 4.78 is 19.4. The van der Waals surface area contributed by atoms with Gasteiger partial charge in [-0.1, -0.05) is 81.8 Å². The van der Waals surface area contributed by atoms with Crippen molar-refractivity contribution in [2.24, 2.45) is 0 Å². The second-order valence-corrected chi connectivity index (χ2v) is 11.2. The molecule has 0 saturated carbocycles. The lowest BCUT2D eigenvalue weighted by Crippen LogP contribution is -2.30. The van der Waals surface area contributed by atoms with Gasteiger partial charge in [-0.15, -0.1) is 0 Å². The van der Waals surface area contributed by atoms with Crippen LogP contribution in [-0.4, -0.2) is 26.8 Å². The van der Waals surface area contributed by atoms with E-state index in [1.54, 1.807) is 0 Å². The van der Waals surface area contributed by atoms with E-state index in [9.17, 15) is 4.57 Å². The molecule has 0 fully saturated rings. The van der Waals surface area contributed by atoms with Crippen LogP contribution in [0.4, 0.5) is 0 Å². The van der Waals surface area contributed by atoms with Crippen molar-refractivity contribution in [1.29, 1.82) is 0 Å². The van der Waals surface area contributed by atoms with Crippen molar-refractivity contribution in [2.75, 3.05) is 13.2 Å². The monoisotopic (exact) mass is 437 g/mol. The summed E-state index contributed by atoms with van der Waals surface area (Å²) in [7, 11) is -3.79. The van der Waals surface area contributed by atoms with Gasteiger partial charge in [-0.3, -0.25) is 9.05 Å². The summed E-state index contributed by atoms with van der Waals surface area (Å²) >= 11 is 33.5. The zero-order chi connectivity index (χ0) is 16.1. The summed E-state index contributed by atoms with van der Waals surface area (Å²) in [5, 5.41) is 2.75. The van der Waals surface area contributed by atoms with Gasteiger partial charge in [0.1, 0.15) is 13.2 Å². The van der Waals surface area contributed by atoms with E-state index in [1.807, 2.05) is 12.2 Å². The van der Waals surface area contributed by atoms with Gasteiger partial charge in [-0.05, 0) is 19.3 Å². The topological polar surface area (TPSA) is 47.6 Å². The van der Waals surface area contributed by atoms with Gasteiger partial charge >= 0.3 is 7.75 Å². The lowest BCUT2D eigenvalue weighted by atomic mass is 10.0. The van der Waals surface area contributed by atoms with E-state index in [4.69, 9.17) is 78.7 Å². The minimum atomic E-state index is -3.79. The van der Waals surface area contributed by atoms with Crippen molar-refractivity contribution < 1.29 is 13.6 Å². The Morgan fingerprint density at radius 2 is 1.62 bits per heavy atom.